The van der Waals surface area contributed by atoms with E-state index in [0.29, 0.717) is 11.6 Å². The molecule has 1 unspecified atom stereocenters. The van der Waals surface area contributed by atoms with Crippen molar-refractivity contribution in [2.75, 3.05) is 18.4 Å². The van der Waals surface area contributed by atoms with Gasteiger partial charge in [0.1, 0.15) is 0 Å². The fourth-order valence-corrected chi connectivity index (χ4v) is 3.61. The molecule has 0 spiro atoms. The third-order valence-electron chi connectivity index (χ3n) is 4.86. The van der Waals surface area contributed by atoms with Gasteiger partial charge in [-0.3, -0.25) is 14.5 Å². The number of benzene rings is 2. The number of likely N-dealkylation sites (tertiary alicyclic amines) is 1. The zero-order valence-electron chi connectivity index (χ0n) is 15.2. The first-order valence-corrected chi connectivity index (χ1v) is 9.53. The van der Waals surface area contributed by atoms with Crippen molar-refractivity contribution in [3.8, 4) is 0 Å². The highest BCUT2D eigenvalue weighted by Gasteiger charge is 2.23. The normalized spacial score (nSPS) is 17.4. The van der Waals surface area contributed by atoms with Gasteiger partial charge in [-0.25, -0.2) is 0 Å². The molecule has 1 aliphatic heterocycles. The molecule has 6 heteroatoms. The Morgan fingerprint density at radius 1 is 1.15 bits per heavy atom. The molecule has 2 aromatic carbocycles. The summed E-state index contributed by atoms with van der Waals surface area (Å²) in [5, 5.41) is 3.49. The van der Waals surface area contributed by atoms with Crippen LogP contribution in [0.4, 0.5) is 5.69 Å². The minimum atomic E-state index is -0.212. The Morgan fingerprint density at radius 3 is 2.59 bits per heavy atom. The number of amides is 2. The lowest BCUT2D eigenvalue weighted by Gasteiger charge is -2.31. The number of nitrogens with one attached hydrogen (secondary N) is 1. The van der Waals surface area contributed by atoms with Gasteiger partial charge < -0.3 is 11.1 Å². The van der Waals surface area contributed by atoms with Crippen molar-refractivity contribution in [3.63, 3.8) is 0 Å². The standard InChI is InChI=1S/C21H24ClN3O2/c22-19-6-2-1-4-16(19)12-20(26)24-18-9-7-15(8-10-18)13-25-11-3-5-17(14-25)21(23)27/h1-2,4,6-10,17H,3,5,11-14H2,(H2,23,27)(H,24,26). The van der Waals surface area contributed by atoms with Gasteiger partial charge >= 0.3 is 0 Å². The third-order valence-corrected chi connectivity index (χ3v) is 5.23. The number of hydrogen-bond donors (Lipinski definition) is 2. The summed E-state index contributed by atoms with van der Waals surface area (Å²) in [6.07, 6.45) is 2.11. The summed E-state index contributed by atoms with van der Waals surface area (Å²) < 4.78 is 0. The summed E-state index contributed by atoms with van der Waals surface area (Å²) in [5.74, 6) is -0.366. The van der Waals surface area contributed by atoms with Crippen molar-refractivity contribution in [2.45, 2.75) is 25.8 Å². The number of anilines is 1. The molecule has 3 N–H and O–H groups in total. The Kier molecular flexibility index (Phi) is 6.48. The predicted molar refractivity (Wildman–Crippen MR) is 107 cm³/mol. The van der Waals surface area contributed by atoms with E-state index in [1.165, 1.54) is 0 Å². The number of piperidine rings is 1. The van der Waals surface area contributed by atoms with E-state index in [4.69, 9.17) is 17.3 Å². The fourth-order valence-electron chi connectivity index (χ4n) is 3.40. The average Bonchev–Trinajstić information content (AvgIpc) is 2.65. The van der Waals surface area contributed by atoms with Gasteiger partial charge in [-0.05, 0) is 48.7 Å². The van der Waals surface area contributed by atoms with Gasteiger partial charge in [0.15, 0.2) is 0 Å². The Balaban J connectivity index is 1.53. The number of nitrogens with zero attached hydrogens (tertiary/aromatic N) is 1. The van der Waals surface area contributed by atoms with E-state index in [0.717, 1.165) is 42.7 Å². The van der Waals surface area contributed by atoms with E-state index in [-0.39, 0.29) is 24.2 Å². The number of halogens is 1. The van der Waals surface area contributed by atoms with Crippen LogP contribution in [0.5, 0.6) is 0 Å². The van der Waals surface area contributed by atoms with E-state index in [1.54, 1.807) is 6.07 Å². The van der Waals surface area contributed by atoms with Crippen LogP contribution >= 0.6 is 11.6 Å². The van der Waals surface area contributed by atoms with Gasteiger partial charge in [-0.2, -0.15) is 0 Å². The highest BCUT2D eigenvalue weighted by atomic mass is 35.5. The van der Waals surface area contributed by atoms with Crippen LogP contribution in [0, 0.1) is 5.92 Å². The summed E-state index contributed by atoms with van der Waals surface area (Å²) in [5.41, 5.74) is 8.14. The smallest absolute Gasteiger partial charge is 0.228 e. The lowest BCUT2D eigenvalue weighted by atomic mass is 9.97. The molecule has 0 saturated carbocycles. The van der Waals surface area contributed by atoms with Crippen LogP contribution in [0.3, 0.4) is 0 Å². The van der Waals surface area contributed by atoms with Crippen molar-refractivity contribution in [1.29, 1.82) is 0 Å². The topological polar surface area (TPSA) is 75.4 Å². The molecule has 142 valence electrons. The summed E-state index contributed by atoms with van der Waals surface area (Å²) in [6, 6.07) is 15.1. The van der Waals surface area contributed by atoms with Crippen LogP contribution in [-0.4, -0.2) is 29.8 Å². The Labute approximate surface area is 164 Å². The van der Waals surface area contributed by atoms with E-state index in [2.05, 4.69) is 10.2 Å². The van der Waals surface area contributed by atoms with Crippen molar-refractivity contribution in [1.82, 2.24) is 4.90 Å². The largest absolute Gasteiger partial charge is 0.369 e. The second kappa shape index (κ2) is 9.02. The first-order chi connectivity index (χ1) is 13.0. The first-order valence-electron chi connectivity index (χ1n) is 9.15. The molecule has 1 heterocycles. The Hall–Kier alpha value is -2.37. The van der Waals surface area contributed by atoms with Gasteiger partial charge in [0.05, 0.1) is 12.3 Å². The molecule has 2 amide bonds. The second-order valence-electron chi connectivity index (χ2n) is 6.99. The minimum absolute atomic E-state index is 0.0536. The van der Waals surface area contributed by atoms with Gasteiger partial charge in [-0.1, -0.05) is 41.9 Å². The summed E-state index contributed by atoms with van der Waals surface area (Å²) in [4.78, 5) is 25.9. The highest BCUT2D eigenvalue weighted by molar-refractivity contribution is 6.31. The van der Waals surface area contributed by atoms with E-state index >= 15 is 0 Å². The van der Waals surface area contributed by atoms with Crippen LogP contribution in [0.15, 0.2) is 48.5 Å². The summed E-state index contributed by atoms with van der Waals surface area (Å²) in [6.45, 7) is 2.46. The zero-order valence-corrected chi connectivity index (χ0v) is 15.9. The molecule has 1 saturated heterocycles. The molecule has 1 aliphatic rings. The molecular formula is C21H24ClN3O2. The molecule has 0 aliphatic carbocycles. The van der Waals surface area contributed by atoms with Crippen molar-refractivity contribution in [2.24, 2.45) is 11.7 Å². The maximum atomic E-state index is 12.2. The minimum Gasteiger partial charge on any atom is -0.369 e. The lowest BCUT2D eigenvalue weighted by molar-refractivity contribution is -0.123. The average molecular weight is 386 g/mol. The van der Waals surface area contributed by atoms with Crippen molar-refractivity contribution >= 4 is 29.1 Å². The van der Waals surface area contributed by atoms with Crippen LogP contribution in [-0.2, 0) is 22.6 Å². The molecule has 2 aromatic rings. The molecule has 3 rings (SSSR count). The first kappa shape index (κ1) is 19.4. The molecular weight excluding hydrogens is 362 g/mol. The van der Waals surface area contributed by atoms with Crippen LogP contribution in [0.25, 0.3) is 0 Å². The van der Waals surface area contributed by atoms with Gasteiger partial charge in [0.2, 0.25) is 11.8 Å². The number of carbonyl (C=O) groups is 2. The van der Waals surface area contributed by atoms with E-state index in [9.17, 15) is 9.59 Å². The highest BCUT2D eigenvalue weighted by Crippen LogP contribution is 2.20. The Bertz CT molecular complexity index is 807. The van der Waals surface area contributed by atoms with E-state index < -0.39 is 0 Å². The Morgan fingerprint density at radius 2 is 1.89 bits per heavy atom. The molecule has 27 heavy (non-hydrogen) atoms. The van der Waals surface area contributed by atoms with Crippen LogP contribution in [0.2, 0.25) is 5.02 Å². The summed E-state index contributed by atoms with van der Waals surface area (Å²) in [7, 11) is 0. The molecule has 0 radical (unpaired) electrons. The number of hydrogen-bond acceptors (Lipinski definition) is 3. The van der Waals surface area contributed by atoms with Crippen molar-refractivity contribution < 1.29 is 9.59 Å². The maximum Gasteiger partial charge on any atom is 0.228 e. The predicted octanol–water partition coefficient (Wildman–Crippen LogP) is 3.22. The van der Waals surface area contributed by atoms with Gasteiger partial charge in [-0.15, -0.1) is 0 Å². The number of rotatable bonds is 6. The number of carbonyl (C=O) groups excluding carboxylic acids is 2. The number of nitrogens with two attached hydrogens (primary N) is 1. The third kappa shape index (κ3) is 5.55. The van der Waals surface area contributed by atoms with E-state index in [1.807, 2.05) is 42.5 Å². The second-order valence-corrected chi connectivity index (χ2v) is 7.40. The molecule has 1 atom stereocenters. The quantitative estimate of drug-likeness (QED) is 0.801. The zero-order chi connectivity index (χ0) is 19.2. The fraction of sp³-hybridized carbons (Fsp3) is 0.333. The SMILES string of the molecule is NC(=O)C1CCCN(Cc2ccc(NC(=O)Cc3ccccc3Cl)cc2)C1. The lowest BCUT2D eigenvalue weighted by Crippen LogP contribution is -2.40. The van der Waals surface area contributed by atoms with Gasteiger partial charge in [0.25, 0.3) is 0 Å². The number of primary amides is 1. The van der Waals surface area contributed by atoms with Crippen LogP contribution < -0.4 is 11.1 Å². The molecule has 0 aromatic heterocycles. The molecule has 1 fully saturated rings. The molecule has 0 bridgehead atoms. The summed E-state index contributed by atoms with van der Waals surface area (Å²) >= 11 is 6.10. The molecule has 5 nitrogen and oxygen atoms in total. The maximum absolute atomic E-state index is 12.2. The van der Waals surface area contributed by atoms with Crippen LogP contribution in [0.1, 0.15) is 24.0 Å². The van der Waals surface area contributed by atoms with Crippen molar-refractivity contribution in [3.05, 3.63) is 64.7 Å². The monoisotopic (exact) mass is 385 g/mol. The van der Waals surface area contributed by atoms with Gasteiger partial charge in [0, 0.05) is 23.8 Å².